The van der Waals surface area contributed by atoms with Crippen LogP contribution in [0.5, 0.6) is 0 Å². The quantitative estimate of drug-likeness (QED) is 0.535. The monoisotopic (exact) mass is 389 g/mol. The van der Waals surface area contributed by atoms with Crippen LogP contribution < -0.4 is 5.56 Å². The minimum Gasteiger partial charge on any atom is -0.418 e. The molecule has 0 fully saturated rings. The fourth-order valence-electron chi connectivity index (χ4n) is 2.10. The third kappa shape index (κ3) is 2.68. The van der Waals surface area contributed by atoms with Crippen molar-refractivity contribution in [3.63, 3.8) is 0 Å². The van der Waals surface area contributed by atoms with Crippen LogP contribution in [0.15, 0.2) is 49.4 Å². The molecule has 0 saturated heterocycles. The molecular formula is C14H8BrN5O2S. The number of thiophene rings is 1. The summed E-state index contributed by atoms with van der Waals surface area (Å²) in [5, 5.41) is 16.4. The highest BCUT2D eigenvalue weighted by atomic mass is 79.9. The van der Waals surface area contributed by atoms with Gasteiger partial charge in [-0.15, -0.1) is 26.6 Å². The lowest BCUT2D eigenvalue weighted by atomic mass is 10.2. The van der Waals surface area contributed by atoms with Gasteiger partial charge in [-0.1, -0.05) is 17.3 Å². The van der Waals surface area contributed by atoms with Crippen LogP contribution in [0.3, 0.4) is 0 Å². The Morgan fingerprint density at radius 1 is 1.13 bits per heavy atom. The number of aromatic nitrogens is 5. The number of hydrogen-bond donors (Lipinski definition) is 0. The Hall–Kier alpha value is -2.39. The van der Waals surface area contributed by atoms with E-state index in [2.05, 4.69) is 36.4 Å². The molecule has 0 spiro atoms. The summed E-state index contributed by atoms with van der Waals surface area (Å²) >= 11 is 4.88. The van der Waals surface area contributed by atoms with Gasteiger partial charge in [-0.05, 0) is 40.2 Å². The Morgan fingerprint density at radius 2 is 2.00 bits per heavy atom. The van der Waals surface area contributed by atoms with Gasteiger partial charge < -0.3 is 4.42 Å². The second-order valence-corrected chi connectivity index (χ2v) is 7.14. The Bertz CT molecular complexity index is 1050. The van der Waals surface area contributed by atoms with Gasteiger partial charge in [-0.3, -0.25) is 4.79 Å². The van der Waals surface area contributed by atoms with Gasteiger partial charge in [0, 0.05) is 0 Å². The van der Waals surface area contributed by atoms with E-state index < -0.39 is 0 Å². The van der Waals surface area contributed by atoms with E-state index >= 15 is 0 Å². The van der Waals surface area contributed by atoms with E-state index in [0.717, 1.165) is 8.66 Å². The highest BCUT2D eigenvalue weighted by Gasteiger charge is 2.13. The van der Waals surface area contributed by atoms with E-state index in [4.69, 9.17) is 4.42 Å². The van der Waals surface area contributed by atoms with Crippen molar-refractivity contribution < 1.29 is 4.42 Å². The van der Waals surface area contributed by atoms with E-state index in [-0.39, 0.29) is 12.1 Å². The molecule has 0 aliphatic carbocycles. The van der Waals surface area contributed by atoms with Gasteiger partial charge in [0.05, 0.1) is 14.0 Å². The summed E-state index contributed by atoms with van der Waals surface area (Å²) in [5.74, 6) is 0.716. The topological polar surface area (TPSA) is 86.7 Å². The lowest BCUT2D eigenvalue weighted by Gasteiger charge is -2.01. The molecule has 0 unspecified atom stereocenters. The first-order valence-corrected chi connectivity index (χ1v) is 8.22. The summed E-state index contributed by atoms with van der Waals surface area (Å²) in [5.41, 5.74) is 0.317. The molecule has 4 aromatic rings. The summed E-state index contributed by atoms with van der Waals surface area (Å²) in [7, 11) is 0. The molecule has 0 N–H and O–H groups in total. The molecule has 0 aliphatic heterocycles. The van der Waals surface area contributed by atoms with Crippen LogP contribution in [0.4, 0.5) is 0 Å². The maximum absolute atomic E-state index is 12.4. The van der Waals surface area contributed by atoms with E-state index in [1.54, 1.807) is 18.2 Å². The predicted octanol–water partition coefficient (Wildman–Crippen LogP) is 2.71. The van der Waals surface area contributed by atoms with Gasteiger partial charge in [0.2, 0.25) is 5.89 Å². The molecule has 0 amide bonds. The smallest absolute Gasteiger partial charge is 0.278 e. The van der Waals surface area contributed by atoms with E-state index in [1.807, 2.05) is 18.2 Å². The van der Waals surface area contributed by atoms with Gasteiger partial charge in [-0.2, -0.15) is 0 Å². The van der Waals surface area contributed by atoms with Crippen molar-refractivity contribution in [2.45, 2.75) is 6.54 Å². The molecule has 0 atom stereocenters. The Kier molecular flexibility index (Phi) is 3.50. The van der Waals surface area contributed by atoms with Crippen LogP contribution in [0.2, 0.25) is 0 Å². The molecule has 114 valence electrons. The Labute approximate surface area is 141 Å². The normalized spacial score (nSPS) is 11.2. The number of nitrogens with zero attached hydrogens (tertiary/aromatic N) is 5. The lowest BCUT2D eigenvalue weighted by Crippen LogP contribution is -2.24. The molecule has 7 nitrogen and oxygen atoms in total. The molecule has 0 aliphatic rings. The largest absolute Gasteiger partial charge is 0.418 e. The van der Waals surface area contributed by atoms with Crippen molar-refractivity contribution in [2.24, 2.45) is 0 Å². The van der Waals surface area contributed by atoms with Crippen LogP contribution >= 0.6 is 27.3 Å². The fraction of sp³-hybridized carbons (Fsp3) is 0.0714. The minimum atomic E-state index is -0.241. The fourth-order valence-corrected chi connectivity index (χ4v) is 3.41. The zero-order valence-electron chi connectivity index (χ0n) is 11.5. The Balaban J connectivity index is 1.67. The lowest BCUT2D eigenvalue weighted by molar-refractivity contribution is 0.458. The van der Waals surface area contributed by atoms with E-state index in [1.165, 1.54) is 16.0 Å². The standard InChI is InChI=1S/C14H8BrN5O2S/c15-11-6-5-10(23-11)13-18-17-12(22-13)7-20-14(21)8-3-1-2-4-9(8)16-19-20/h1-6H,7H2. The highest BCUT2D eigenvalue weighted by Crippen LogP contribution is 2.30. The Morgan fingerprint density at radius 3 is 2.83 bits per heavy atom. The van der Waals surface area contributed by atoms with E-state index in [9.17, 15) is 4.79 Å². The molecule has 0 saturated carbocycles. The molecule has 3 aromatic heterocycles. The van der Waals surface area contributed by atoms with Gasteiger partial charge in [-0.25, -0.2) is 4.68 Å². The van der Waals surface area contributed by atoms with Crippen LogP contribution in [-0.2, 0) is 6.54 Å². The minimum absolute atomic E-state index is 0.0796. The average molecular weight is 390 g/mol. The van der Waals surface area contributed by atoms with Crippen LogP contribution in [-0.4, -0.2) is 25.2 Å². The van der Waals surface area contributed by atoms with Gasteiger partial charge in [0.15, 0.2) is 0 Å². The zero-order chi connectivity index (χ0) is 15.8. The van der Waals surface area contributed by atoms with Gasteiger partial charge >= 0.3 is 0 Å². The highest BCUT2D eigenvalue weighted by molar-refractivity contribution is 9.11. The number of rotatable bonds is 3. The molecule has 23 heavy (non-hydrogen) atoms. The third-order valence-corrected chi connectivity index (χ3v) is 4.78. The second-order valence-electron chi connectivity index (χ2n) is 4.67. The summed E-state index contributed by atoms with van der Waals surface area (Å²) < 4.78 is 7.78. The van der Waals surface area contributed by atoms with Gasteiger partial charge in [0.1, 0.15) is 12.1 Å². The molecular weight excluding hydrogens is 382 g/mol. The number of benzene rings is 1. The van der Waals surface area contributed by atoms with E-state index in [0.29, 0.717) is 22.7 Å². The van der Waals surface area contributed by atoms with Crippen molar-refractivity contribution >= 4 is 38.2 Å². The molecule has 3 heterocycles. The van der Waals surface area contributed by atoms with Crippen molar-refractivity contribution in [3.8, 4) is 10.8 Å². The number of halogens is 1. The van der Waals surface area contributed by atoms with Crippen molar-refractivity contribution in [3.05, 3.63) is 56.4 Å². The van der Waals surface area contributed by atoms with Crippen LogP contribution in [0.1, 0.15) is 5.89 Å². The van der Waals surface area contributed by atoms with Crippen molar-refractivity contribution in [1.82, 2.24) is 25.2 Å². The molecule has 0 radical (unpaired) electrons. The average Bonchev–Trinajstić information content (AvgIpc) is 3.19. The van der Waals surface area contributed by atoms with Crippen LogP contribution in [0.25, 0.3) is 21.7 Å². The van der Waals surface area contributed by atoms with Gasteiger partial charge in [0.25, 0.3) is 11.4 Å². The zero-order valence-corrected chi connectivity index (χ0v) is 13.9. The summed E-state index contributed by atoms with van der Waals surface area (Å²) in [6.07, 6.45) is 0. The SMILES string of the molecule is O=c1c2ccccc2nnn1Cc1nnc(-c2ccc(Br)s2)o1. The summed E-state index contributed by atoms with van der Waals surface area (Å²) in [6.45, 7) is 0.0796. The predicted molar refractivity (Wildman–Crippen MR) is 88.2 cm³/mol. The number of hydrogen-bond acceptors (Lipinski definition) is 7. The second kappa shape index (κ2) is 5.67. The maximum Gasteiger partial charge on any atom is 0.278 e. The summed E-state index contributed by atoms with van der Waals surface area (Å²) in [4.78, 5) is 13.2. The first-order chi connectivity index (χ1) is 11.2. The first kappa shape index (κ1) is 14.2. The first-order valence-electron chi connectivity index (χ1n) is 6.61. The molecule has 9 heteroatoms. The molecule has 0 bridgehead atoms. The third-order valence-electron chi connectivity index (χ3n) is 3.17. The molecule has 1 aromatic carbocycles. The van der Waals surface area contributed by atoms with Crippen LogP contribution in [0, 0.1) is 0 Å². The summed E-state index contributed by atoms with van der Waals surface area (Å²) in [6, 6.07) is 10.8. The van der Waals surface area contributed by atoms with Crippen molar-refractivity contribution in [2.75, 3.05) is 0 Å². The van der Waals surface area contributed by atoms with Crippen molar-refractivity contribution in [1.29, 1.82) is 0 Å². The molecule has 4 rings (SSSR count). The maximum atomic E-state index is 12.4. The number of fused-ring (bicyclic) bond motifs is 1.